The van der Waals surface area contributed by atoms with Gasteiger partial charge in [-0.2, -0.15) is 0 Å². The maximum atomic E-state index is 13.2. The normalized spacial score (nSPS) is 14.7. The van der Waals surface area contributed by atoms with Gasteiger partial charge < -0.3 is 9.47 Å². The molecule has 7 nitrogen and oxygen atoms in total. The molecule has 4 rings (SSSR count). The van der Waals surface area contributed by atoms with Crippen molar-refractivity contribution in [2.24, 2.45) is 0 Å². The van der Waals surface area contributed by atoms with Gasteiger partial charge in [-0.15, -0.1) is 0 Å². The van der Waals surface area contributed by atoms with Crippen molar-refractivity contribution in [2.45, 2.75) is 20.5 Å². The van der Waals surface area contributed by atoms with E-state index in [0.717, 1.165) is 16.0 Å². The number of nitrogens with one attached hydrogen (secondary N) is 1. The van der Waals surface area contributed by atoms with Gasteiger partial charge in [-0.1, -0.05) is 47.5 Å². The predicted octanol–water partition coefficient (Wildman–Crippen LogP) is 6.06. The number of hydrogen-bond acceptors (Lipinski definition) is 5. The van der Waals surface area contributed by atoms with E-state index in [-0.39, 0.29) is 11.3 Å². The Hall–Kier alpha value is -3.62. The van der Waals surface area contributed by atoms with Gasteiger partial charge in [0.15, 0.2) is 11.5 Å². The number of aryl methyl sites for hydroxylation is 1. The van der Waals surface area contributed by atoms with E-state index in [1.807, 2.05) is 38.1 Å². The second-order valence-electron chi connectivity index (χ2n) is 7.97. The number of barbiturate groups is 1. The molecule has 0 aliphatic carbocycles. The fourth-order valence-corrected chi connectivity index (χ4v) is 4.35. The molecule has 3 aromatic carbocycles. The zero-order valence-corrected chi connectivity index (χ0v) is 21.9. The maximum Gasteiger partial charge on any atom is 0.335 e. The van der Waals surface area contributed by atoms with Crippen molar-refractivity contribution < 1.29 is 23.9 Å². The van der Waals surface area contributed by atoms with E-state index >= 15 is 0 Å². The zero-order chi connectivity index (χ0) is 25.8. The Morgan fingerprint density at radius 2 is 1.78 bits per heavy atom. The standard InChI is InChI=1S/C27H22BrClN2O5/c1-3-35-23-13-18(12-22(28)24(23)36-15-17-9-7-16(2)8-10-17)11-21-25(32)30-27(34)31(26(21)33)20-6-4-5-19(29)14-20/h4-14H,3,15H2,1-2H3,(H,30,32,34)/b21-11+. The topological polar surface area (TPSA) is 84.9 Å². The number of carbonyl (C=O) groups is 3. The molecule has 1 heterocycles. The molecule has 3 aromatic rings. The fraction of sp³-hybridized carbons (Fsp3) is 0.148. The summed E-state index contributed by atoms with van der Waals surface area (Å²) in [5, 5.41) is 2.55. The van der Waals surface area contributed by atoms with E-state index in [1.165, 1.54) is 12.1 Å². The quantitative estimate of drug-likeness (QED) is 0.276. The molecule has 1 aliphatic rings. The second kappa shape index (κ2) is 11.0. The van der Waals surface area contributed by atoms with Gasteiger partial charge in [0, 0.05) is 5.02 Å². The summed E-state index contributed by atoms with van der Waals surface area (Å²) in [4.78, 5) is 39.0. The molecule has 184 valence electrons. The molecule has 36 heavy (non-hydrogen) atoms. The summed E-state index contributed by atoms with van der Waals surface area (Å²) >= 11 is 9.54. The summed E-state index contributed by atoms with van der Waals surface area (Å²) in [5.41, 5.74) is 2.70. The minimum absolute atomic E-state index is 0.211. The van der Waals surface area contributed by atoms with Crippen LogP contribution in [0.15, 0.2) is 70.7 Å². The third-order valence-corrected chi connectivity index (χ3v) is 6.14. The molecule has 0 saturated carbocycles. The number of anilines is 1. The van der Waals surface area contributed by atoms with Crippen LogP contribution in [0.1, 0.15) is 23.6 Å². The molecule has 1 saturated heterocycles. The molecule has 0 spiro atoms. The van der Waals surface area contributed by atoms with Gasteiger partial charge in [-0.05, 0) is 77.3 Å². The van der Waals surface area contributed by atoms with Crippen LogP contribution in [0.5, 0.6) is 11.5 Å². The van der Waals surface area contributed by atoms with Crippen molar-refractivity contribution in [1.29, 1.82) is 0 Å². The van der Waals surface area contributed by atoms with Gasteiger partial charge in [-0.3, -0.25) is 14.9 Å². The maximum absolute atomic E-state index is 13.2. The molecule has 0 atom stereocenters. The minimum Gasteiger partial charge on any atom is -0.490 e. The van der Waals surface area contributed by atoms with Crippen LogP contribution >= 0.6 is 27.5 Å². The van der Waals surface area contributed by atoms with Gasteiger partial charge in [-0.25, -0.2) is 9.69 Å². The Bertz CT molecular complexity index is 1370. The van der Waals surface area contributed by atoms with Crippen molar-refractivity contribution in [1.82, 2.24) is 5.32 Å². The van der Waals surface area contributed by atoms with Crippen molar-refractivity contribution in [3.05, 3.63) is 92.4 Å². The number of hydrogen-bond donors (Lipinski definition) is 1. The first kappa shape index (κ1) is 25.5. The molecule has 1 N–H and O–H groups in total. The van der Waals surface area contributed by atoms with E-state index in [1.54, 1.807) is 30.3 Å². The average molecular weight is 570 g/mol. The van der Waals surface area contributed by atoms with E-state index in [4.69, 9.17) is 21.1 Å². The van der Waals surface area contributed by atoms with Crippen molar-refractivity contribution in [3.63, 3.8) is 0 Å². The van der Waals surface area contributed by atoms with E-state index in [9.17, 15) is 14.4 Å². The van der Waals surface area contributed by atoms with Crippen LogP contribution in [0.2, 0.25) is 5.02 Å². The summed E-state index contributed by atoms with van der Waals surface area (Å²) in [6.07, 6.45) is 1.40. The Balaban J connectivity index is 1.66. The number of amides is 4. The fourth-order valence-electron chi connectivity index (χ4n) is 3.59. The number of carbonyl (C=O) groups excluding carboxylic acids is 3. The van der Waals surface area contributed by atoms with Crippen LogP contribution in [0.25, 0.3) is 6.08 Å². The number of halogens is 2. The molecule has 1 fully saturated rings. The molecule has 0 unspecified atom stereocenters. The number of ether oxygens (including phenoxy) is 2. The molecular formula is C27H22BrClN2O5. The molecule has 0 aromatic heterocycles. The minimum atomic E-state index is -0.847. The van der Waals surface area contributed by atoms with Crippen LogP contribution in [0.3, 0.4) is 0 Å². The number of urea groups is 1. The predicted molar refractivity (Wildman–Crippen MR) is 141 cm³/mol. The van der Waals surface area contributed by atoms with Crippen LogP contribution in [0, 0.1) is 6.92 Å². The van der Waals surface area contributed by atoms with Crippen LogP contribution in [0.4, 0.5) is 10.5 Å². The lowest BCUT2D eigenvalue weighted by Crippen LogP contribution is -2.54. The van der Waals surface area contributed by atoms with Gasteiger partial charge in [0.25, 0.3) is 11.8 Å². The first-order valence-corrected chi connectivity index (χ1v) is 12.3. The van der Waals surface area contributed by atoms with E-state index in [0.29, 0.717) is 39.8 Å². The smallest absolute Gasteiger partial charge is 0.335 e. The molecular weight excluding hydrogens is 548 g/mol. The third-order valence-electron chi connectivity index (χ3n) is 5.31. The molecule has 0 radical (unpaired) electrons. The highest BCUT2D eigenvalue weighted by atomic mass is 79.9. The first-order chi connectivity index (χ1) is 17.3. The number of imide groups is 2. The number of rotatable bonds is 7. The summed E-state index contributed by atoms with van der Waals surface area (Å²) in [7, 11) is 0. The summed E-state index contributed by atoms with van der Waals surface area (Å²) in [5.74, 6) is -0.621. The highest BCUT2D eigenvalue weighted by Crippen LogP contribution is 2.38. The highest BCUT2D eigenvalue weighted by Gasteiger charge is 2.37. The van der Waals surface area contributed by atoms with Crippen LogP contribution in [-0.2, 0) is 16.2 Å². The summed E-state index contributed by atoms with van der Waals surface area (Å²) in [6.45, 7) is 4.57. The number of nitrogens with zero attached hydrogens (tertiary/aromatic N) is 1. The lowest BCUT2D eigenvalue weighted by atomic mass is 10.1. The Morgan fingerprint density at radius 3 is 2.47 bits per heavy atom. The molecule has 1 aliphatic heterocycles. The molecule has 9 heteroatoms. The van der Waals surface area contributed by atoms with Gasteiger partial charge >= 0.3 is 6.03 Å². The van der Waals surface area contributed by atoms with Crippen molar-refractivity contribution in [2.75, 3.05) is 11.5 Å². The Labute approximate surface area is 221 Å². The second-order valence-corrected chi connectivity index (χ2v) is 9.27. The zero-order valence-electron chi connectivity index (χ0n) is 19.5. The SMILES string of the molecule is CCOc1cc(/C=C2\C(=O)NC(=O)N(c3cccc(Cl)c3)C2=O)cc(Br)c1OCc1ccc(C)cc1. The van der Waals surface area contributed by atoms with Crippen molar-refractivity contribution in [3.8, 4) is 11.5 Å². The van der Waals surface area contributed by atoms with E-state index in [2.05, 4.69) is 21.2 Å². The monoisotopic (exact) mass is 568 g/mol. The Kier molecular flexibility index (Phi) is 7.76. The highest BCUT2D eigenvalue weighted by molar-refractivity contribution is 9.10. The first-order valence-electron chi connectivity index (χ1n) is 11.1. The lowest BCUT2D eigenvalue weighted by molar-refractivity contribution is -0.122. The van der Waals surface area contributed by atoms with Crippen LogP contribution in [-0.4, -0.2) is 24.5 Å². The van der Waals surface area contributed by atoms with Gasteiger partial charge in [0.2, 0.25) is 0 Å². The summed E-state index contributed by atoms with van der Waals surface area (Å²) in [6, 6.07) is 16.8. The molecule has 0 bridgehead atoms. The average Bonchev–Trinajstić information content (AvgIpc) is 2.82. The number of benzene rings is 3. The van der Waals surface area contributed by atoms with Gasteiger partial charge in [0.05, 0.1) is 16.8 Å². The molecule has 4 amide bonds. The van der Waals surface area contributed by atoms with Crippen LogP contribution < -0.4 is 19.7 Å². The van der Waals surface area contributed by atoms with E-state index < -0.39 is 17.8 Å². The third kappa shape index (κ3) is 5.61. The Morgan fingerprint density at radius 1 is 1.03 bits per heavy atom. The lowest BCUT2D eigenvalue weighted by Gasteiger charge is -2.26. The largest absolute Gasteiger partial charge is 0.490 e. The summed E-state index contributed by atoms with van der Waals surface area (Å²) < 4.78 is 12.4. The van der Waals surface area contributed by atoms with Crippen molar-refractivity contribution >= 4 is 57.1 Å². The van der Waals surface area contributed by atoms with Gasteiger partial charge in [0.1, 0.15) is 12.2 Å².